The number of hydrogen-bond donors (Lipinski definition) is 2. The van der Waals surface area contributed by atoms with Gasteiger partial charge in [0.2, 0.25) is 0 Å². The van der Waals surface area contributed by atoms with E-state index >= 15 is 0 Å². The number of rotatable bonds is 6. The van der Waals surface area contributed by atoms with Crippen LogP contribution in [0.3, 0.4) is 0 Å². The van der Waals surface area contributed by atoms with Gasteiger partial charge in [0.25, 0.3) is 11.8 Å². The summed E-state index contributed by atoms with van der Waals surface area (Å²) < 4.78 is 0. The molecule has 1 unspecified atom stereocenters. The topological polar surface area (TPSA) is 85.5 Å². The van der Waals surface area contributed by atoms with Gasteiger partial charge in [-0.15, -0.1) is 6.58 Å². The first-order chi connectivity index (χ1) is 18.9. The number of aromatic nitrogens is 1. The molecule has 196 valence electrons. The highest BCUT2D eigenvalue weighted by Gasteiger charge is 2.53. The number of para-hydroxylation sites is 2. The lowest BCUT2D eigenvalue weighted by Crippen LogP contribution is -2.44. The number of nitrogens with one attached hydrogen (secondary N) is 2. The van der Waals surface area contributed by atoms with Crippen LogP contribution in [0.5, 0.6) is 0 Å². The van der Waals surface area contributed by atoms with Gasteiger partial charge in [-0.3, -0.25) is 14.5 Å². The molecule has 0 aliphatic carbocycles. The molecular formula is C32H30N4O3. The molecule has 2 aliphatic heterocycles. The Hall–Kier alpha value is -4.65. The molecule has 4 aromatic rings. The lowest BCUT2D eigenvalue weighted by molar-refractivity contribution is -0.120. The molecule has 0 saturated carbocycles. The quantitative estimate of drug-likeness (QED) is 0.254. The molecule has 6 rings (SSSR count). The van der Waals surface area contributed by atoms with E-state index in [-0.39, 0.29) is 29.6 Å². The highest BCUT2D eigenvalue weighted by atomic mass is 16.2. The minimum Gasteiger partial charge on any atom is -0.356 e. The molecule has 7 heteroatoms. The number of fused-ring (bicyclic) bond motifs is 4. The predicted octanol–water partition coefficient (Wildman–Crippen LogP) is 5.69. The summed E-state index contributed by atoms with van der Waals surface area (Å²) >= 11 is 0. The molecular weight excluding hydrogens is 488 g/mol. The summed E-state index contributed by atoms with van der Waals surface area (Å²) in [6.45, 7) is 8.21. The van der Waals surface area contributed by atoms with Gasteiger partial charge in [0, 0.05) is 29.6 Å². The molecule has 1 saturated heterocycles. The Labute approximate surface area is 227 Å². The van der Waals surface area contributed by atoms with Gasteiger partial charge in [-0.1, -0.05) is 74.5 Å². The first-order valence-corrected chi connectivity index (χ1v) is 13.2. The minimum absolute atomic E-state index is 0.266. The Balaban J connectivity index is 1.48. The van der Waals surface area contributed by atoms with Crippen molar-refractivity contribution in [3.63, 3.8) is 0 Å². The van der Waals surface area contributed by atoms with Gasteiger partial charge in [0.05, 0.1) is 11.3 Å². The van der Waals surface area contributed by atoms with Crippen molar-refractivity contribution < 1.29 is 14.4 Å². The first-order valence-electron chi connectivity index (χ1n) is 13.2. The number of aromatic amines is 1. The molecule has 0 radical (unpaired) electrons. The normalized spacial score (nSPS) is 18.4. The summed E-state index contributed by atoms with van der Waals surface area (Å²) in [5.41, 5.74) is 5.63. The Morgan fingerprint density at radius 3 is 2.51 bits per heavy atom. The fourth-order valence-corrected chi connectivity index (χ4v) is 5.83. The van der Waals surface area contributed by atoms with Crippen molar-refractivity contribution in [1.29, 1.82) is 0 Å². The molecule has 2 atom stereocenters. The standard InChI is InChI=1S/C32H30N4O3/c1-4-17-33-30(37)23-10-6-8-12-26(23)36-31(38)27-18-24-22-9-5-7-11-25(22)34-28(24)29(35(27)32(36)39)21-15-13-20(14-16-21)19(2)3/h4-16,19,27,29,34H,1,17-18H2,2-3H3,(H,33,37)/t27-,29?/m0/s1. The van der Waals surface area contributed by atoms with E-state index in [1.165, 1.54) is 10.5 Å². The fourth-order valence-electron chi connectivity index (χ4n) is 5.83. The maximum Gasteiger partial charge on any atom is 0.332 e. The molecule has 7 nitrogen and oxygen atoms in total. The summed E-state index contributed by atoms with van der Waals surface area (Å²) in [4.78, 5) is 47.6. The average molecular weight is 519 g/mol. The van der Waals surface area contributed by atoms with Crippen LogP contribution in [0.4, 0.5) is 10.5 Å². The number of urea groups is 1. The van der Waals surface area contributed by atoms with Crippen LogP contribution < -0.4 is 10.2 Å². The number of hydrogen-bond acceptors (Lipinski definition) is 3. The van der Waals surface area contributed by atoms with E-state index in [0.29, 0.717) is 12.3 Å². The van der Waals surface area contributed by atoms with Crippen molar-refractivity contribution in [3.8, 4) is 0 Å². The van der Waals surface area contributed by atoms with E-state index in [2.05, 4.69) is 61.1 Å². The maximum absolute atomic E-state index is 14.2. The summed E-state index contributed by atoms with van der Waals surface area (Å²) in [6, 6.07) is 21.4. The summed E-state index contributed by atoms with van der Waals surface area (Å²) in [5.74, 6) is -0.326. The van der Waals surface area contributed by atoms with Gasteiger partial charge >= 0.3 is 6.03 Å². The highest BCUT2D eigenvalue weighted by Crippen LogP contribution is 2.45. The smallest absolute Gasteiger partial charge is 0.332 e. The molecule has 1 fully saturated rings. The lowest BCUT2D eigenvalue weighted by Gasteiger charge is -2.36. The molecule has 39 heavy (non-hydrogen) atoms. The van der Waals surface area contributed by atoms with Crippen LogP contribution in [-0.2, 0) is 11.2 Å². The third-order valence-electron chi connectivity index (χ3n) is 7.76. The molecule has 4 amide bonds. The summed E-state index contributed by atoms with van der Waals surface area (Å²) in [6.07, 6.45) is 1.98. The fraction of sp³-hybridized carbons (Fsp3) is 0.219. The van der Waals surface area contributed by atoms with Crippen molar-refractivity contribution in [2.75, 3.05) is 11.4 Å². The zero-order valence-corrected chi connectivity index (χ0v) is 22.0. The molecule has 3 heterocycles. The minimum atomic E-state index is -0.691. The lowest BCUT2D eigenvalue weighted by atomic mass is 9.88. The second-order valence-corrected chi connectivity index (χ2v) is 10.4. The molecule has 2 N–H and O–H groups in total. The second kappa shape index (κ2) is 9.58. The van der Waals surface area contributed by atoms with Crippen molar-refractivity contribution in [2.45, 2.75) is 38.3 Å². The average Bonchev–Trinajstić information content (AvgIpc) is 3.44. The molecule has 1 aromatic heterocycles. The van der Waals surface area contributed by atoms with Crippen LogP contribution >= 0.6 is 0 Å². The van der Waals surface area contributed by atoms with Gasteiger partial charge in [-0.05, 0) is 40.8 Å². The van der Waals surface area contributed by atoms with Crippen molar-refractivity contribution in [3.05, 3.63) is 113 Å². The van der Waals surface area contributed by atoms with Crippen molar-refractivity contribution >= 4 is 34.4 Å². The molecule has 2 aliphatic rings. The van der Waals surface area contributed by atoms with Crippen LogP contribution in [0.15, 0.2) is 85.5 Å². The monoisotopic (exact) mass is 518 g/mol. The molecule has 3 aromatic carbocycles. The Kier molecular flexibility index (Phi) is 6.06. The van der Waals surface area contributed by atoms with Gasteiger partial charge in [-0.25, -0.2) is 9.69 Å². The number of anilines is 1. The summed E-state index contributed by atoms with van der Waals surface area (Å²) in [7, 11) is 0. The van der Waals surface area contributed by atoms with E-state index in [1.54, 1.807) is 35.2 Å². The number of H-pyrrole nitrogens is 1. The maximum atomic E-state index is 14.2. The van der Waals surface area contributed by atoms with E-state index < -0.39 is 18.1 Å². The van der Waals surface area contributed by atoms with Crippen LogP contribution in [-0.4, -0.2) is 40.3 Å². The largest absolute Gasteiger partial charge is 0.356 e. The third kappa shape index (κ3) is 3.93. The SMILES string of the molecule is C=CCNC(=O)c1ccccc1N1C(=O)[C@@H]2Cc3c([nH]c4ccccc34)C(c3ccc(C(C)C)cc3)N2C1=O. The van der Waals surface area contributed by atoms with Gasteiger partial charge in [0.15, 0.2) is 0 Å². The Morgan fingerprint density at radius 1 is 1.05 bits per heavy atom. The van der Waals surface area contributed by atoms with Crippen LogP contribution in [0, 0.1) is 0 Å². The zero-order valence-electron chi connectivity index (χ0n) is 22.0. The van der Waals surface area contributed by atoms with Gasteiger partial charge < -0.3 is 10.3 Å². The van der Waals surface area contributed by atoms with Crippen LogP contribution in [0.2, 0.25) is 0 Å². The van der Waals surface area contributed by atoms with Gasteiger partial charge in [-0.2, -0.15) is 0 Å². The van der Waals surface area contributed by atoms with E-state index in [1.807, 2.05) is 18.2 Å². The number of imide groups is 1. The summed E-state index contributed by atoms with van der Waals surface area (Å²) in [5, 5.41) is 3.81. The molecule has 0 bridgehead atoms. The van der Waals surface area contributed by atoms with Crippen molar-refractivity contribution in [1.82, 2.24) is 15.2 Å². The molecule has 0 spiro atoms. The van der Waals surface area contributed by atoms with E-state index in [0.717, 1.165) is 27.7 Å². The van der Waals surface area contributed by atoms with E-state index in [4.69, 9.17) is 0 Å². The highest BCUT2D eigenvalue weighted by molar-refractivity contribution is 6.24. The zero-order chi connectivity index (χ0) is 27.3. The number of carbonyl (C=O) groups is 3. The number of amides is 4. The third-order valence-corrected chi connectivity index (χ3v) is 7.76. The second-order valence-electron chi connectivity index (χ2n) is 10.4. The van der Waals surface area contributed by atoms with Gasteiger partial charge in [0.1, 0.15) is 12.1 Å². The number of nitrogens with zero attached hydrogens (tertiary/aromatic N) is 2. The van der Waals surface area contributed by atoms with E-state index in [9.17, 15) is 14.4 Å². The first kappa shape index (κ1) is 24.7. The number of benzene rings is 3. The van der Waals surface area contributed by atoms with Crippen LogP contribution in [0.1, 0.15) is 58.5 Å². The number of carbonyl (C=O) groups excluding carboxylic acids is 3. The van der Waals surface area contributed by atoms with Crippen LogP contribution in [0.25, 0.3) is 10.9 Å². The Bertz CT molecular complexity index is 1620. The predicted molar refractivity (Wildman–Crippen MR) is 152 cm³/mol. The van der Waals surface area contributed by atoms with Crippen molar-refractivity contribution in [2.24, 2.45) is 0 Å². The Morgan fingerprint density at radius 2 is 1.77 bits per heavy atom.